The number of carbonyl (C=O) groups is 1. The lowest BCUT2D eigenvalue weighted by Gasteiger charge is -2.48. The molecule has 0 atom stereocenters. The molecule has 24 heavy (non-hydrogen) atoms. The van der Waals surface area contributed by atoms with Crippen molar-refractivity contribution in [3.8, 4) is 0 Å². The molecule has 0 unspecified atom stereocenters. The van der Waals surface area contributed by atoms with Gasteiger partial charge in [-0.3, -0.25) is 14.6 Å². The van der Waals surface area contributed by atoms with Crippen LogP contribution in [0, 0.1) is 0 Å². The zero-order valence-corrected chi connectivity index (χ0v) is 15.8. The van der Waals surface area contributed by atoms with Crippen molar-refractivity contribution in [1.29, 1.82) is 0 Å². The molecule has 1 heterocycles. The van der Waals surface area contributed by atoms with Crippen LogP contribution in [0.25, 0.3) is 0 Å². The molecule has 2 aliphatic carbocycles. The number of rotatable bonds is 8. The molecular formula is C19H35N3O2. The first kappa shape index (κ1) is 18.2. The van der Waals surface area contributed by atoms with Gasteiger partial charge in [0.05, 0.1) is 7.11 Å². The van der Waals surface area contributed by atoms with Crippen molar-refractivity contribution in [1.82, 2.24) is 14.7 Å². The summed E-state index contributed by atoms with van der Waals surface area (Å²) in [6.45, 7) is 11.5. The average molecular weight is 338 g/mol. The summed E-state index contributed by atoms with van der Waals surface area (Å²) in [6.07, 6.45) is 6.82. The maximum atomic E-state index is 12.4. The molecule has 138 valence electrons. The Labute approximate surface area is 147 Å². The minimum atomic E-state index is -0.285. The van der Waals surface area contributed by atoms with Gasteiger partial charge >= 0.3 is 5.97 Å². The number of piperazine rings is 1. The summed E-state index contributed by atoms with van der Waals surface area (Å²) in [5, 5.41) is 0. The second-order valence-electron chi connectivity index (χ2n) is 8.13. The quantitative estimate of drug-likeness (QED) is 0.633. The molecular weight excluding hydrogens is 302 g/mol. The van der Waals surface area contributed by atoms with Crippen LogP contribution in [0.3, 0.4) is 0 Å². The fourth-order valence-electron chi connectivity index (χ4n) is 4.41. The minimum absolute atomic E-state index is 0.00574. The third-order valence-corrected chi connectivity index (χ3v) is 6.29. The van der Waals surface area contributed by atoms with E-state index in [1.807, 2.05) is 0 Å². The molecule has 0 bridgehead atoms. The Morgan fingerprint density at radius 3 is 2.33 bits per heavy atom. The summed E-state index contributed by atoms with van der Waals surface area (Å²) in [6, 6.07) is 1.29. The Balaban J connectivity index is 1.47. The monoisotopic (exact) mass is 337 g/mol. The van der Waals surface area contributed by atoms with Crippen LogP contribution in [-0.2, 0) is 9.53 Å². The van der Waals surface area contributed by atoms with E-state index in [1.54, 1.807) is 7.11 Å². The van der Waals surface area contributed by atoms with Crippen molar-refractivity contribution in [2.24, 2.45) is 0 Å². The summed E-state index contributed by atoms with van der Waals surface area (Å²) in [5.74, 6) is 0.00574. The van der Waals surface area contributed by atoms with E-state index >= 15 is 0 Å². The maximum Gasteiger partial charge on any atom is 0.326 e. The molecule has 0 amide bonds. The summed E-state index contributed by atoms with van der Waals surface area (Å²) in [4.78, 5) is 20.0. The normalized spacial score (nSPS) is 25.0. The lowest BCUT2D eigenvalue weighted by atomic mass is 9.75. The van der Waals surface area contributed by atoms with E-state index in [4.69, 9.17) is 4.74 Å². The Hall–Kier alpha value is -0.650. The van der Waals surface area contributed by atoms with E-state index in [2.05, 4.69) is 28.5 Å². The molecule has 3 rings (SSSR count). The lowest BCUT2D eigenvalue weighted by molar-refractivity contribution is -0.163. The lowest BCUT2D eigenvalue weighted by Crippen LogP contribution is -2.61. The fraction of sp³-hybridized carbons (Fsp3) is 0.947. The standard InChI is InChI=1S/C19H35N3O2/c1-16(2)21-14-12-20(13-15-21)10-5-11-22(17-6-7-17)19(8-4-9-19)18(23)24-3/h16-17H,4-15H2,1-3H3. The van der Waals surface area contributed by atoms with Crippen LogP contribution in [-0.4, -0.2) is 84.7 Å². The Morgan fingerprint density at radius 2 is 1.88 bits per heavy atom. The van der Waals surface area contributed by atoms with E-state index < -0.39 is 0 Å². The van der Waals surface area contributed by atoms with Crippen LogP contribution in [0.4, 0.5) is 0 Å². The Morgan fingerprint density at radius 1 is 1.21 bits per heavy atom. The molecule has 0 N–H and O–H groups in total. The van der Waals surface area contributed by atoms with E-state index in [9.17, 15) is 4.79 Å². The fourth-order valence-corrected chi connectivity index (χ4v) is 4.41. The number of hydrogen-bond acceptors (Lipinski definition) is 5. The van der Waals surface area contributed by atoms with Gasteiger partial charge in [0.15, 0.2) is 0 Å². The van der Waals surface area contributed by atoms with Gasteiger partial charge in [0.2, 0.25) is 0 Å². The van der Waals surface area contributed by atoms with Gasteiger partial charge in [-0.15, -0.1) is 0 Å². The molecule has 1 saturated heterocycles. The molecule has 3 fully saturated rings. The Bertz CT molecular complexity index is 424. The van der Waals surface area contributed by atoms with Crippen LogP contribution in [0.1, 0.15) is 52.4 Å². The molecule has 0 aromatic heterocycles. The molecule has 0 spiro atoms. The van der Waals surface area contributed by atoms with Crippen molar-refractivity contribution in [2.75, 3.05) is 46.4 Å². The SMILES string of the molecule is COC(=O)C1(N(CCCN2CCN(C(C)C)CC2)C2CC2)CCC1. The first-order valence-corrected chi connectivity index (χ1v) is 9.88. The maximum absolute atomic E-state index is 12.4. The van der Waals surface area contributed by atoms with Crippen molar-refractivity contribution in [2.45, 2.75) is 70.0 Å². The van der Waals surface area contributed by atoms with Crippen LogP contribution in [0.2, 0.25) is 0 Å². The van der Waals surface area contributed by atoms with Gasteiger partial charge in [0, 0.05) is 44.8 Å². The molecule has 1 aliphatic heterocycles. The number of carbonyl (C=O) groups excluding carboxylic acids is 1. The first-order valence-electron chi connectivity index (χ1n) is 9.88. The summed E-state index contributed by atoms with van der Waals surface area (Å²) >= 11 is 0. The zero-order chi connectivity index (χ0) is 17.2. The predicted molar refractivity (Wildman–Crippen MR) is 96.1 cm³/mol. The van der Waals surface area contributed by atoms with Gasteiger partial charge in [-0.05, 0) is 58.9 Å². The van der Waals surface area contributed by atoms with E-state index in [0.717, 1.165) is 38.8 Å². The summed E-state index contributed by atoms with van der Waals surface area (Å²) in [5.41, 5.74) is -0.285. The third kappa shape index (κ3) is 3.78. The van der Waals surface area contributed by atoms with Crippen molar-refractivity contribution in [3.05, 3.63) is 0 Å². The molecule has 3 aliphatic rings. The largest absolute Gasteiger partial charge is 0.468 e. The molecule has 0 aromatic rings. The van der Waals surface area contributed by atoms with E-state index in [0.29, 0.717) is 12.1 Å². The molecule has 2 saturated carbocycles. The van der Waals surface area contributed by atoms with Gasteiger partial charge in [-0.2, -0.15) is 0 Å². The van der Waals surface area contributed by atoms with Crippen LogP contribution < -0.4 is 0 Å². The predicted octanol–water partition coefficient (Wildman–Crippen LogP) is 1.96. The molecule has 5 heteroatoms. The van der Waals surface area contributed by atoms with Crippen LogP contribution in [0.15, 0.2) is 0 Å². The van der Waals surface area contributed by atoms with Crippen LogP contribution in [0.5, 0.6) is 0 Å². The van der Waals surface area contributed by atoms with Gasteiger partial charge in [0.1, 0.15) is 5.54 Å². The highest BCUT2D eigenvalue weighted by molar-refractivity contribution is 5.82. The number of methoxy groups -OCH3 is 1. The average Bonchev–Trinajstić information content (AvgIpc) is 3.37. The topological polar surface area (TPSA) is 36.0 Å². The highest BCUT2D eigenvalue weighted by Crippen LogP contribution is 2.44. The minimum Gasteiger partial charge on any atom is -0.468 e. The van der Waals surface area contributed by atoms with Crippen molar-refractivity contribution in [3.63, 3.8) is 0 Å². The highest BCUT2D eigenvalue weighted by Gasteiger charge is 2.53. The molecule has 0 aromatic carbocycles. The molecule has 0 radical (unpaired) electrons. The number of esters is 1. The van der Waals surface area contributed by atoms with Gasteiger partial charge in [-0.1, -0.05) is 0 Å². The zero-order valence-electron chi connectivity index (χ0n) is 15.8. The highest BCUT2D eigenvalue weighted by atomic mass is 16.5. The smallest absolute Gasteiger partial charge is 0.326 e. The number of ether oxygens (including phenoxy) is 1. The van der Waals surface area contributed by atoms with Crippen LogP contribution >= 0.6 is 0 Å². The number of nitrogens with zero attached hydrogens (tertiary/aromatic N) is 3. The van der Waals surface area contributed by atoms with E-state index in [-0.39, 0.29) is 11.5 Å². The van der Waals surface area contributed by atoms with Gasteiger partial charge < -0.3 is 9.64 Å². The Kier molecular flexibility index (Phi) is 5.83. The van der Waals surface area contributed by atoms with Crippen molar-refractivity contribution >= 4 is 5.97 Å². The van der Waals surface area contributed by atoms with Gasteiger partial charge in [0.25, 0.3) is 0 Å². The second-order valence-corrected chi connectivity index (χ2v) is 8.13. The third-order valence-electron chi connectivity index (χ3n) is 6.29. The summed E-state index contributed by atoms with van der Waals surface area (Å²) in [7, 11) is 1.54. The van der Waals surface area contributed by atoms with Crippen molar-refractivity contribution < 1.29 is 9.53 Å². The summed E-state index contributed by atoms with van der Waals surface area (Å²) < 4.78 is 5.15. The molecule has 5 nitrogen and oxygen atoms in total. The second kappa shape index (κ2) is 7.71. The van der Waals surface area contributed by atoms with Gasteiger partial charge in [-0.25, -0.2) is 0 Å². The first-order chi connectivity index (χ1) is 11.6. The number of hydrogen-bond donors (Lipinski definition) is 0. The van der Waals surface area contributed by atoms with E-state index in [1.165, 1.54) is 39.0 Å².